The van der Waals surface area contributed by atoms with Gasteiger partial charge < -0.3 is 10.2 Å². The van der Waals surface area contributed by atoms with E-state index in [-0.39, 0.29) is 0 Å². The molecule has 0 bridgehead atoms. The monoisotopic (exact) mass is 286 g/mol. The first kappa shape index (κ1) is 22.2. The topological polar surface area (TPSA) is 15.3 Å². The zero-order valence-electron chi connectivity index (χ0n) is 15.6. The Hall–Kier alpha value is -0.0800. The van der Waals surface area contributed by atoms with Crippen LogP contribution in [0.4, 0.5) is 0 Å². The van der Waals surface area contributed by atoms with Gasteiger partial charge in [-0.1, -0.05) is 47.5 Å². The van der Waals surface area contributed by atoms with E-state index < -0.39 is 0 Å². The Labute approximate surface area is 129 Å². The molecule has 2 heteroatoms. The molecule has 0 amide bonds. The highest BCUT2D eigenvalue weighted by Gasteiger charge is 2.23. The molecule has 0 aliphatic heterocycles. The van der Waals surface area contributed by atoms with Crippen LogP contribution in [0.25, 0.3) is 0 Å². The van der Waals surface area contributed by atoms with E-state index >= 15 is 0 Å². The molecule has 2 nitrogen and oxygen atoms in total. The molecule has 20 heavy (non-hydrogen) atoms. The summed E-state index contributed by atoms with van der Waals surface area (Å²) in [4.78, 5) is 2.59. The molecule has 0 unspecified atom stereocenters. The van der Waals surface area contributed by atoms with Crippen molar-refractivity contribution in [3.8, 4) is 0 Å². The van der Waals surface area contributed by atoms with Gasteiger partial charge in [0.2, 0.25) is 0 Å². The molecule has 0 heterocycles. The summed E-state index contributed by atoms with van der Waals surface area (Å²) in [5, 5.41) is 2.75. The molecule has 0 radical (unpaired) electrons. The molecule has 1 N–H and O–H groups in total. The molecule has 1 aliphatic carbocycles. The third-order valence-corrected chi connectivity index (χ3v) is 3.79. The maximum Gasteiger partial charge on any atom is 0.00925 e. The lowest BCUT2D eigenvalue weighted by molar-refractivity contribution is 0.148. The van der Waals surface area contributed by atoms with Gasteiger partial charge in [-0.3, -0.25) is 0 Å². The standard InChI is InChI=1S/C14H29N.C2H7N.C2H6/c1-5-6-13-7-9-14(10-8-13)15(4)11-12(2)3;1-3-2;1-2/h12-14H,5-11H2,1-4H3;3H,1-2H3;1-2H3. The van der Waals surface area contributed by atoms with Crippen LogP contribution in [-0.2, 0) is 0 Å². The van der Waals surface area contributed by atoms with Crippen LogP contribution in [0.5, 0.6) is 0 Å². The Kier molecular flexibility index (Phi) is 17.0. The van der Waals surface area contributed by atoms with Crippen molar-refractivity contribution in [3.63, 3.8) is 0 Å². The SMILES string of the molecule is CC.CCCC1CCC(N(C)CC(C)C)CC1.CNC. The summed E-state index contributed by atoms with van der Waals surface area (Å²) < 4.78 is 0. The summed E-state index contributed by atoms with van der Waals surface area (Å²) in [6.45, 7) is 12.2. The van der Waals surface area contributed by atoms with Gasteiger partial charge in [-0.15, -0.1) is 0 Å². The molecule has 0 aromatic heterocycles. The number of nitrogens with one attached hydrogen (secondary N) is 1. The van der Waals surface area contributed by atoms with Gasteiger partial charge in [0.1, 0.15) is 0 Å². The van der Waals surface area contributed by atoms with E-state index in [1.807, 2.05) is 27.9 Å². The first-order valence-electron chi connectivity index (χ1n) is 8.83. The van der Waals surface area contributed by atoms with Gasteiger partial charge >= 0.3 is 0 Å². The third-order valence-electron chi connectivity index (χ3n) is 3.79. The van der Waals surface area contributed by atoms with Crippen molar-refractivity contribution in [1.82, 2.24) is 10.2 Å². The van der Waals surface area contributed by atoms with Gasteiger partial charge in [0, 0.05) is 12.6 Å². The predicted molar refractivity (Wildman–Crippen MR) is 94.5 cm³/mol. The molecular formula is C18H42N2. The minimum Gasteiger partial charge on any atom is -0.323 e. The first-order valence-corrected chi connectivity index (χ1v) is 8.83. The molecule has 0 aromatic carbocycles. The second-order valence-electron chi connectivity index (χ2n) is 6.30. The van der Waals surface area contributed by atoms with E-state index in [4.69, 9.17) is 0 Å². The lowest BCUT2D eigenvalue weighted by Gasteiger charge is -2.35. The highest BCUT2D eigenvalue weighted by molar-refractivity contribution is 4.78. The van der Waals surface area contributed by atoms with Gasteiger partial charge in [-0.05, 0) is 58.7 Å². The van der Waals surface area contributed by atoms with Crippen LogP contribution in [-0.4, -0.2) is 38.6 Å². The van der Waals surface area contributed by atoms with E-state index in [0.717, 1.165) is 17.9 Å². The average Bonchev–Trinajstić information content (AvgIpc) is 2.42. The molecule has 124 valence electrons. The van der Waals surface area contributed by atoms with Gasteiger partial charge in [-0.25, -0.2) is 0 Å². The van der Waals surface area contributed by atoms with Crippen molar-refractivity contribution >= 4 is 0 Å². The largest absolute Gasteiger partial charge is 0.323 e. The molecule has 0 aromatic rings. The maximum atomic E-state index is 2.75. The highest BCUT2D eigenvalue weighted by atomic mass is 15.1. The summed E-state index contributed by atoms with van der Waals surface area (Å²) in [6, 6.07) is 0.875. The normalized spacial score (nSPS) is 21.9. The Morgan fingerprint density at radius 1 is 1.05 bits per heavy atom. The quantitative estimate of drug-likeness (QED) is 0.781. The fraction of sp³-hybridized carbons (Fsp3) is 1.00. The lowest BCUT2D eigenvalue weighted by atomic mass is 9.83. The lowest BCUT2D eigenvalue weighted by Crippen LogP contribution is -2.37. The van der Waals surface area contributed by atoms with Crippen LogP contribution in [0.1, 0.15) is 73.1 Å². The molecular weight excluding hydrogens is 244 g/mol. The Bertz CT molecular complexity index is 172. The van der Waals surface area contributed by atoms with E-state index in [0.29, 0.717) is 0 Å². The fourth-order valence-corrected chi connectivity index (χ4v) is 3.01. The molecule has 0 saturated heterocycles. The smallest absolute Gasteiger partial charge is 0.00925 e. The van der Waals surface area contributed by atoms with E-state index in [2.05, 4.69) is 38.0 Å². The van der Waals surface area contributed by atoms with Crippen LogP contribution in [0.3, 0.4) is 0 Å². The van der Waals surface area contributed by atoms with Crippen molar-refractivity contribution in [2.75, 3.05) is 27.7 Å². The highest BCUT2D eigenvalue weighted by Crippen LogP contribution is 2.30. The minimum atomic E-state index is 0.809. The summed E-state index contributed by atoms with van der Waals surface area (Å²) in [5.74, 6) is 1.85. The average molecular weight is 287 g/mol. The second kappa shape index (κ2) is 15.3. The number of hydrogen-bond acceptors (Lipinski definition) is 2. The van der Waals surface area contributed by atoms with Crippen molar-refractivity contribution in [1.29, 1.82) is 0 Å². The van der Waals surface area contributed by atoms with Crippen LogP contribution >= 0.6 is 0 Å². The number of rotatable bonds is 5. The molecule has 1 saturated carbocycles. The van der Waals surface area contributed by atoms with Crippen LogP contribution < -0.4 is 5.32 Å². The van der Waals surface area contributed by atoms with Gasteiger partial charge in [0.05, 0.1) is 0 Å². The van der Waals surface area contributed by atoms with Crippen LogP contribution in [0.2, 0.25) is 0 Å². The van der Waals surface area contributed by atoms with E-state index in [1.165, 1.54) is 45.1 Å². The molecule has 0 spiro atoms. The Morgan fingerprint density at radius 2 is 1.50 bits per heavy atom. The summed E-state index contributed by atoms with van der Waals surface area (Å²) in [7, 11) is 6.06. The summed E-state index contributed by atoms with van der Waals surface area (Å²) in [5.41, 5.74) is 0. The Balaban J connectivity index is 0. The molecule has 1 rings (SSSR count). The first-order chi connectivity index (χ1) is 9.54. The van der Waals surface area contributed by atoms with Crippen LogP contribution in [0, 0.1) is 11.8 Å². The third kappa shape index (κ3) is 11.7. The van der Waals surface area contributed by atoms with Gasteiger partial charge in [0.25, 0.3) is 0 Å². The molecule has 1 fully saturated rings. The minimum absolute atomic E-state index is 0.809. The molecule has 0 atom stereocenters. The van der Waals surface area contributed by atoms with E-state index in [1.54, 1.807) is 0 Å². The summed E-state index contributed by atoms with van der Waals surface area (Å²) in [6.07, 6.45) is 8.65. The molecule has 1 aliphatic rings. The van der Waals surface area contributed by atoms with Crippen molar-refractivity contribution in [3.05, 3.63) is 0 Å². The van der Waals surface area contributed by atoms with Crippen molar-refractivity contribution < 1.29 is 0 Å². The maximum absolute atomic E-state index is 2.75. The second-order valence-corrected chi connectivity index (χ2v) is 6.30. The van der Waals surface area contributed by atoms with Crippen molar-refractivity contribution in [2.24, 2.45) is 11.8 Å². The Morgan fingerprint density at radius 3 is 1.85 bits per heavy atom. The van der Waals surface area contributed by atoms with Crippen molar-refractivity contribution in [2.45, 2.75) is 79.2 Å². The zero-order valence-corrected chi connectivity index (χ0v) is 15.6. The summed E-state index contributed by atoms with van der Waals surface area (Å²) >= 11 is 0. The van der Waals surface area contributed by atoms with E-state index in [9.17, 15) is 0 Å². The fourth-order valence-electron chi connectivity index (χ4n) is 3.01. The predicted octanol–water partition coefficient (Wildman–Crippen LogP) is 4.79. The van der Waals surface area contributed by atoms with Gasteiger partial charge in [-0.2, -0.15) is 0 Å². The zero-order chi connectivity index (χ0) is 16.0. The van der Waals surface area contributed by atoms with Crippen LogP contribution in [0.15, 0.2) is 0 Å². The number of nitrogens with zero attached hydrogens (tertiary/aromatic N) is 1. The number of hydrogen-bond donors (Lipinski definition) is 1. The van der Waals surface area contributed by atoms with Gasteiger partial charge in [0.15, 0.2) is 0 Å².